The summed E-state index contributed by atoms with van der Waals surface area (Å²) >= 11 is 3.79. The van der Waals surface area contributed by atoms with Crippen molar-refractivity contribution in [1.29, 1.82) is 0 Å². The summed E-state index contributed by atoms with van der Waals surface area (Å²) < 4.78 is 5.55. The molecule has 6 heteroatoms. The monoisotopic (exact) mass is 434 g/mol. The Labute approximate surface area is 188 Å². The number of hydrogen-bond donors (Lipinski definition) is 1. The Bertz CT molecular complexity index is 698. The van der Waals surface area contributed by atoms with Gasteiger partial charge in [0.2, 0.25) is 0 Å². The van der Waals surface area contributed by atoms with Gasteiger partial charge in [0, 0.05) is 39.6 Å². The molecule has 5 nitrogen and oxygen atoms in total. The summed E-state index contributed by atoms with van der Waals surface area (Å²) in [4.78, 5) is 29.8. The van der Waals surface area contributed by atoms with E-state index in [0.717, 1.165) is 11.3 Å². The Morgan fingerprint density at radius 2 is 1.73 bits per heavy atom. The largest absolute Gasteiger partial charge is 0.415 e. The molecule has 0 aliphatic heterocycles. The molecule has 1 unspecified atom stereocenters. The van der Waals surface area contributed by atoms with Crippen LogP contribution in [-0.2, 0) is 9.53 Å². The first kappa shape index (κ1) is 27.9. The van der Waals surface area contributed by atoms with Gasteiger partial charge >= 0.3 is 6.09 Å². The number of rotatable bonds is 9. The molecule has 0 aliphatic carbocycles. The van der Waals surface area contributed by atoms with E-state index in [-0.39, 0.29) is 17.2 Å². The Morgan fingerprint density at radius 1 is 1.17 bits per heavy atom. The van der Waals surface area contributed by atoms with E-state index in [1.807, 2.05) is 71.0 Å². The van der Waals surface area contributed by atoms with Gasteiger partial charge in [-0.05, 0) is 29.7 Å². The Morgan fingerprint density at radius 3 is 2.23 bits per heavy atom. The molecule has 0 N–H and O–H groups in total. The molecule has 0 spiro atoms. The lowest BCUT2D eigenvalue weighted by atomic mass is 9.82. The molecule has 168 valence electrons. The highest BCUT2D eigenvalue weighted by molar-refractivity contribution is 7.80. The first-order chi connectivity index (χ1) is 14.0. The van der Waals surface area contributed by atoms with Crippen LogP contribution in [0.1, 0.15) is 59.4 Å². The van der Waals surface area contributed by atoms with Gasteiger partial charge in [0.05, 0.1) is 6.04 Å². The van der Waals surface area contributed by atoms with E-state index in [1.54, 1.807) is 20.3 Å². The lowest BCUT2D eigenvalue weighted by Crippen LogP contribution is -2.25. The SMILES string of the molecule is CCC(=O)CC(C)(C)C/C(=C/C(C)N=Cc1ccccc1)OC(=O)N(C)C.CCS. The molecule has 0 aromatic heterocycles. The van der Waals surface area contributed by atoms with Gasteiger partial charge in [-0.2, -0.15) is 12.6 Å². The number of amides is 1. The predicted molar refractivity (Wildman–Crippen MR) is 130 cm³/mol. The van der Waals surface area contributed by atoms with E-state index in [4.69, 9.17) is 4.74 Å². The van der Waals surface area contributed by atoms with Gasteiger partial charge in [-0.1, -0.05) is 58.0 Å². The first-order valence-electron chi connectivity index (χ1n) is 10.3. The summed E-state index contributed by atoms with van der Waals surface area (Å²) in [5.41, 5.74) is 0.715. The minimum Gasteiger partial charge on any atom is -0.415 e. The minimum absolute atomic E-state index is 0.159. The molecule has 1 atom stereocenters. The number of aliphatic imine (C=N–C) groups is 1. The van der Waals surface area contributed by atoms with Crippen LogP contribution in [0.2, 0.25) is 0 Å². The number of benzene rings is 1. The van der Waals surface area contributed by atoms with Crippen LogP contribution in [0.5, 0.6) is 0 Å². The van der Waals surface area contributed by atoms with Crippen LogP contribution in [0, 0.1) is 5.41 Å². The zero-order valence-corrected chi connectivity index (χ0v) is 20.4. The number of allylic oxidation sites excluding steroid dienone is 1. The van der Waals surface area contributed by atoms with Crippen molar-refractivity contribution in [1.82, 2.24) is 4.90 Å². The van der Waals surface area contributed by atoms with Crippen molar-refractivity contribution in [2.24, 2.45) is 10.4 Å². The number of hydrogen-bond acceptors (Lipinski definition) is 5. The molecule has 0 heterocycles. The van der Waals surface area contributed by atoms with Crippen molar-refractivity contribution >= 4 is 30.7 Å². The molecule has 1 aromatic rings. The number of thiol groups is 1. The average Bonchev–Trinajstić information content (AvgIpc) is 2.66. The second-order valence-corrected chi connectivity index (χ2v) is 8.68. The van der Waals surface area contributed by atoms with Crippen molar-refractivity contribution in [2.45, 2.75) is 59.9 Å². The highest BCUT2D eigenvalue weighted by Gasteiger charge is 2.25. The number of carbonyl (C=O) groups excluding carboxylic acids is 2. The molecule has 0 saturated carbocycles. The van der Waals surface area contributed by atoms with Crippen LogP contribution in [0.25, 0.3) is 0 Å². The molecule has 1 amide bonds. The fourth-order valence-corrected chi connectivity index (χ4v) is 2.58. The van der Waals surface area contributed by atoms with E-state index in [1.165, 1.54) is 4.90 Å². The molecule has 30 heavy (non-hydrogen) atoms. The number of ether oxygens (including phenoxy) is 1. The molecule has 0 aliphatic rings. The summed E-state index contributed by atoms with van der Waals surface area (Å²) in [5, 5.41) is 0. The van der Waals surface area contributed by atoms with Gasteiger partial charge in [0.1, 0.15) is 11.5 Å². The lowest BCUT2D eigenvalue weighted by Gasteiger charge is -2.25. The topological polar surface area (TPSA) is 59.0 Å². The van der Waals surface area contributed by atoms with Crippen LogP contribution >= 0.6 is 12.6 Å². The summed E-state index contributed by atoms with van der Waals surface area (Å²) in [7, 11) is 3.28. The summed E-state index contributed by atoms with van der Waals surface area (Å²) in [5.74, 6) is 1.69. The maximum atomic E-state index is 12.0. The van der Waals surface area contributed by atoms with Crippen LogP contribution in [0.3, 0.4) is 0 Å². The smallest absolute Gasteiger partial charge is 0.414 e. The molecule has 0 bridgehead atoms. The zero-order valence-electron chi connectivity index (χ0n) is 19.5. The highest BCUT2D eigenvalue weighted by atomic mass is 32.1. The molecular formula is C24H38N2O3S. The molecular weight excluding hydrogens is 396 g/mol. The summed E-state index contributed by atoms with van der Waals surface area (Å²) in [6, 6.07) is 9.67. The van der Waals surface area contributed by atoms with Crippen molar-refractivity contribution in [3.63, 3.8) is 0 Å². The van der Waals surface area contributed by atoms with Crippen LogP contribution in [-0.4, -0.2) is 48.9 Å². The normalized spacial score (nSPS) is 12.7. The van der Waals surface area contributed by atoms with Crippen molar-refractivity contribution in [3.8, 4) is 0 Å². The maximum absolute atomic E-state index is 12.0. The Hall–Kier alpha value is -2.08. The standard InChI is InChI=1S/C22H32N2O3.C2H6S/c1-7-19(25)14-22(3,4)15-20(27-21(26)24(5)6)13-17(2)23-16-18-11-9-8-10-12-18;1-2-3/h8-13,16-17H,7,14-15H2,1-6H3;3H,2H2,1H3/b20-13-,23-16?;. The molecule has 1 aromatic carbocycles. The third-order valence-corrected chi connectivity index (χ3v) is 3.99. The van der Waals surface area contributed by atoms with Crippen LogP contribution in [0.4, 0.5) is 4.79 Å². The second-order valence-electron chi connectivity index (χ2n) is 8.05. The number of Topliss-reactive ketones (excluding diaryl/α,β-unsaturated/α-hetero) is 1. The minimum atomic E-state index is -0.432. The third kappa shape index (κ3) is 13.2. The van der Waals surface area contributed by atoms with E-state index in [9.17, 15) is 9.59 Å². The zero-order chi connectivity index (χ0) is 23.2. The molecule has 0 fully saturated rings. The first-order valence-corrected chi connectivity index (χ1v) is 11.0. The van der Waals surface area contributed by atoms with Crippen molar-refractivity contribution in [3.05, 3.63) is 47.7 Å². The van der Waals surface area contributed by atoms with Crippen LogP contribution in [0.15, 0.2) is 47.2 Å². The average molecular weight is 435 g/mol. The van der Waals surface area contributed by atoms with E-state index in [0.29, 0.717) is 25.0 Å². The predicted octanol–water partition coefficient (Wildman–Crippen LogP) is 5.80. The summed E-state index contributed by atoms with van der Waals surface area (Å²) in [6.45, 7) is 9.81. The molecule has 1 rings (SSSR count). The number of carbonyl (C=O) groups is 2. The lowest BCUT2D eigenvalue weighted by molar-refractivity contribution is -0.120. The van der Waals surface area contributed by atoms with Crippen molar-refractivity contribution < 1.29 is 14.3 Å². The second kappa shape index (κ2) is 14.8. The molecule has 0 radical (unpaired) electrons. The van der Waals surface area contributed by atoms with E-state index in [2.05, 4.69) is 17.6 Å². The molecule has 0 saturated heterocycles. The fourth-order valence-electron chi connectivity index (χ4n) is 2.58. The quantitative estimate of drug-likeness (QED) is 0.304. The van der Waals surface area contributed by atoms with Gasteiger partial charge in [0.25, 0.3) is 0 Å². The van der Waals surface area contributed by atoms with E-state index < -0.39 is 6.09 Å². The van der Waals surface area contributed by atoms with Gasteiger partial charge in [-0.15, -0.1) is 0 Å². The Balaban J connectivity index is 0.00000263. The highest BCUT2D eigenvalue weighted by Crippen LogP contribution is 2.31. The van der Waals surface area contributed by atoms with Crippen molar-refractivity contribution in [2.75, 3.05) is 19.8 Å². The van der Waals surface area contributed by atoms with Gasteiger partial charge < -0.3 is 9.64 Å². The summed E-state index contributed by atoms with van der Waals surface area (Å²) in [6.07, 6.45) is 4.67. The van der Waals surface area contributed by atoms with Gasteiger partial charge in [-0.25, -0.2) is 4.79 Å². The Kier molecular flexibility index (Phi) is 13.8. The van der Waals surface area contributed by atoms with Crippen LogP contribution < -0.4 is 0 Å². The maximum Gasteiger partial charge on any atom is 0.414 e. The van der Waals surface area contributed by atoms with Gasteiger partial charge in [-0.3, -0.25) is 9.79 Å². The van der Waals surface area contributed by atoms with E-state index >= 15 is 0 Å². The fraction of sp³-hybridized carbons (Fsp3) is 0.542. The number of nitrogens with zero attached hydrogens (tertiary/aromatic N) is 2. The number of ketones is 1. The third-order valence-electron chi connectivity index (χ3n) is 3.99. The van der Waals surface area contributed by atoms with Gasteiger partial charge in [0.15, 0.2) is 0 Å².